The van der Waals surface area contributed by atoms with Crippen molar-refractivity contribution in [3.8, 4) is 0 Å². The van der Waals surface area contributed by atoms with Crippen LogP contribution < -0.4 is 9.62 Å². The molecule has 0 heterocycles. The summed E-state index contributed by atoms with van der Waals surface area (Å²) in [5.41, 5.74) is 4.53. The first-order valence-electron chi connectivity index (χ1n) is 10.7. The number of para-hydroxylation sites is 1. The summed E-state index contributed by atoms with van der Waals surface area (Å²) < 4.78 is 26.6. The molecule has 0 saturated heterocycles. The number of carbonyl (C=O) groups excluding carboxylic acids is 1. The molecule has 4 aromatic rings. The molecule has 1 N–H and O–H groups in total. The molecule has 0 fully saturated rings. The molecule has 0 aliphatic carbocycles. The van der Waals surface area contributed by atoms with Crippen molar-refractivity contribution in [2.75, 3.05) is 15.9 Å². The van der Waals surface area contributed by atoms with Gasteiger partial charge in [-0.2, -0.15) is 0 Å². The molecule has 0 unspecified atom stereocenters. The van der Waals surface area contributed by atoms with Gasteiger partial charge in [-0.25, -0.2) is 8.42 Å². The van der Waals surface area contributed by atoms with Crippen LogP contribution in [0, 0.1) is 13.8 Å². The van der Waals surface area contributed by atoms with Gasteiger partial charge in [0.25, 0.3) is 5.91 Å². The van der Waals surface area contributed by atoms with E-state index in [0.717, 1.165) is 33.2 Å². The van der Waals surface area contributed by atoms with E-state index in [9.17, 15) is 13.2 Å². The summed E-state index contributed by atoms with van der Waals surface area (Å²) in [6.45, 7) is 4.00. The summed E-state index contributed by atoms with van der Waals surface area (Å²) in [6.07, 6.45) is 1.21. The molecule has 4 aromatic carbocycles. The topological polar surface area (TPSA) is 66.5 Å². The van der Waals surface area contributed by atoms with Crippen molar-refractivity contribution in [2.24, 2.45) is 0 Å². The van der Waals surface area contributed by atoms with Crippen LogP contribution in [-0.2, 0) is 16.6 Å². The average molecular weight is 459 g/mol. The fourth-order valence-corrected chi connectivity index (χ4v) is 5.02. The lowest BCUT2D eigenvalue weighted by Gasteiger charge is -2.26. The Hall–Kier alpha value is -3.64. The number of nitrogens with one attached hydrogen (secondary N) is 1. The maximum atomic E-state index is 12.8. The zero-order chi connectivity index (χ0) is 23.6. The van der Waals surface area contributed by atoms with E-state index < -0.39 is 10.0 Å². The van der Waals surface area contributed by atoms with E-state index in [0.29, 0.717) is 11.3 Å². The summed E-state index contributed by atoms with van der Waals surface area (Å²) in [5.74, 6) is -0.215. The van der Waals surface area contributed by atoms with Gasteiger partial charge in [0, 0.05) is 16.6 Å². The van der Waals surface area contributed by atoms with Gasteiger partial charge in [-0.15, -0.1) is 0 Å². The second-order valence-corrected chi connectivity index (χ2v) is 10.1. The van der Waals surface area contributed by atoms with Crippen molar-refractivity contribution >= 4 is 38.1 Å². The number of sulfonamides is 1. The maximum Gasteiger partial charge on any atom is 0.255 e. The number of anilines is 2. The van der Waals surface area contributed by atoms with Gasteiger partial charge >= 0.3 is 0 Å². The van der Waals surface area contributed by atoms with Crippen LogP contribution in [0.5, 0.6) is 0 Å². The highest BCUT2D eigenvalue weighted by atomic mass is 32.2. The third kappa shape index (κ3) is 4.91. The van der Waals surface area contributed by atoms with Crippen molar-refractivity contribution in [2.45, 2.75) is 20.4 Å². The van der Waals surface area contributed by atoms with Crippen LogP contribution in [0.25, 0.3) is 10.8 Å². The number of amides is 1. The number of carbonyl (C=O) groups is 1. The number of aryl methyl sites for hydroxylation is 2. The van der Waals surface area contributed by atoms with Gasteiger partial charge in [0.1, 0.15) is 0 Å². The van der Waals surface area contributed by atoms with Gasteiger partial charge in [-0.1, -0.05) is 66.7 Å². The third-order valence-corrected chi connectivity index (χ3v) is 6.78. The van der Waals surface area contributed by atoms with E-state index in [2.05, 4.69) is 5.32 Å². The lowest BCUT2D eigenvalue weighted by atomic mass is 10.1. The maximum absolute atomic E-state index is 12.8. The molecule has 4 rings (SSSR count). The van der Waals surface area contributed by atoms with E-state index in [1.165, 1.54) is 10.6 Å². The van der Waals surface area contributed by atoms with Crippen LogP contribution in [-0.4, -0.2) is 20.6 Å². The fraction of sp³-hybridized carbons (Fsp3) is 0.148. The summed E-state index contributed by atoms with van der Waals surface area (Å²) >= 11 is 0. The van der Waals surface area contributed by atoms with Gasteiger partial charge in [0.2, 0.25) is 10.0 Å². The first kappa shape index (κ1) is 22.6. The number of benzene rings is 4. The molecule has 6 heteroatoms. The van der Waals surface area contributed by atoms with Gasteiger partial charge in [0.15, 0.2) is 0 Å². The quantitative estimate of drug-likeness (QED) is 0.404. The lowest BCUT2D eigenvalue weighted by molar-refractivity contribution is 0.102. The third-order valence-electron chi connectivity index (χ3n) is 5.67. The molecule has 1 amide bonds. The van der Waals surface area contributed by atoms with Crippen molar-refractivity contribution in [1.29, 1.82) is 0 Å². The van der Waals surface area contributed by atoms with E-state index in [1.54, 1.807) is 24.3 Å². The summed E-state index contributed by atoms with van der Waals surface area (Å²) in [6, 6.07) is 26.4. The van der Waals surface area contributed by atoms with Crippen molar-refractivity contribution < 1.29 is 13.2 Å². The highest BCUT2D eigenvalue weighted by molar-refractivity contribution is 7.92. The average Bonchev–Trinajstić information content (AvgIpc) is 2.78. The predicted molar refractivity (Wildman–Crippen MR) is 135 cm³/mol. The van der Waals surface area contributed by atoms with Crippen LogP contribution in [0.2, 0.25) is 0 Å². The predicted octanol–water partition coefficient (Wildman–Crippen LogP) is 5.68. The molecule has 0 atom stereocenters. The normalized spacial score (nSPS) is 11.4. The zero-order valence-corrected chi connectivity index (χ0v) is 19.7. The number of nitrogens with zero attached hydrogens (tertiary/aromatic N) is 1. The second kappa shape index (κ2) is 9.08. The molecule has 0 aliphatic rings. The summed E-state index contributed by atoms with van der Waals surface area (Å²) in [7, 11) is -3.50. The SMILES string of the molecule is Cc1cccc(C)c1N(Cc1ccc(C(=O)Nc2cccc3ccccc23)cc1)S(C)(=O)=O. The summed E-state index contributed by atoms with van der Waals surface area (Å²) in [5, 5.41) is 5.01. The van der Waals surface area contributed by atoms with Gasteiger partial charge in [-0.3, -0.25) is 9.10 Å². The largest absolute Gasteiger partial charge is 0.321 e. The number of fused-ring (bicyclic) bond motifs is 1. The molecule has 0 aromatic heterocycles. The van der Waals surface area contributed by atoms with E-state index in [-0.39, 0.29) is 12.5 Å². The Morgan fingerprint density at radius 2 is 1.42 bits per heavy atom. The molecule has 33 heavy (non-hydrogen) atoms. The number of hydrogen-bond donors (Lipinski definition) is 1. The molecular weight excluding hydrogens is 432 g/mol. The van der Waals surface area contributed by atoms with E-state index in [4.69, 9.17) is 0 Å². The Bertz CT molecular complexity index is 1400. The van der Waals surface area contributed by atoms with Crippen molar-refractivity contribution in [3.63, 3.8) is 0 Å². The van der Waals surface area contributed by atoms with E-state index in [1.807, 2.05) is 74.5 Å². The molecule has 0 aliphatic heterocycles. The van der Waals surface area contributed by atoms with Gasteiger partial charge in [-0.05, 0) is 54.1 Å². The van der Waals surface area contributed by atoms with Crippen LogP contribution in [0.4, 0.5) is 11.4 Å². The Labute approximate surface area is 194 Å². The van der Waals surface area contributed by atoms with Crippen LogP contribution in [0.1, 0.15) is 27.0 Å². The number of rotatable bonds is 6. The van der Waals surface area contributed by atoms with Crippen LogP contribution in [0.15, 0.2) is 84.9 Å². The Morgan fingerprint density at radius 1 is 0.818 bits per heavy atom. The first-order chi connectivity index (χ1) is 15.7. The molecular formula is C27H26N2O3S. The highest BCUT2D eigenvalue weighted by Crippen LogP contribution is 2.29. The fourth-order valence-electron chi connectivity index (χ4n) is 4.02. The van der Waals surface area contributed by atoms with Gasteiger partial charge in [0.05, 0.1) is 18.5 Å². The molecule has 0 saturated carbocycles. The monoisotopic (exact) mass is 458 g/mol. The highest BCUT2D eigenvalue weighted by Gasteiger charge is 2.21. The van der Waals surface area contributed by atoms with Crippen molar-refractivity contribution in [1.82, 2.24) is 0 Å². The molecule has 168 valence electrons. The zero-order valence-electron chi connectivity index (χ0n) is 18.9. The first-order valence-corrected chi connectivity index (χ1v) is 12.5. The number of hydrogen-bond acceptors (Lipinski definition) is 3. The smallest absolute Gasteiger partial charge is 0.255 e. The minimum Gasteiger partial charge on any atom is -0.321 e. The molecule has 0 spiro atoms. The second-order valence-electron chi connectivity index (χ2n) is 8.19. The molecule has 0 radical (unpaired) electrons. The van der Waals surface area contributed by atoms with Crippen LogP contribution in [0.3, 0.4) is 0 Å². The Balaban J connectivity index is 1.56. The van der Waals surface area contributed by atoms with Crippen LogP contribution >= 0.6 is 0 Å². The standard InChI is InChI=1S/C27H26N2O3S/c1-19-8-6-9-20(2)26(19)29(33(3,31)32)18-21-14-16-23(17-15-21)27(30)28-25-13-7-11-22-10-4-5-12-24(22)25/h4-17H,18H2,1-3H3,(H,28,30). The Morgan fingerprint density at radius 3 is 2.09 bits per heavy atom. The minimum absolute atomic E-state index is 0.190. The van der Waals surface area contributed by atoms with Gasteiger partial charge < -0.3 is 5.32 Å². The Kier molecular flexibility index (Phi) is 6.20. The molecule has 5 nitrogen and oxygen atoms in total. The minimum atomic E-state index is -3.50. The lowest BCUT2D eigenvalue weighted by Crippen LogP contribution is -2.30. The van der Waals surface area contributed by atoms with Crippen molar-refractivity contribution in [3.05, 3.63) is 107 Å². The van der Waals surface area contributed by atoms with E-state index >= 15 is 0 Å². The molecule has 0 bridgehead atoms. The summed E-state index contributed by atoms with van der Waals surface area (Å²) in [4.78, 5) is 12.8.